The van der Waals surface area contributed by atoms with Crippen molar-refractivity contribution in [2.24, 2.45) is 0 Å². The first-order valence-electron chi connectivity index (χ1n) is 4.21. The van der Waals surface area contributed by atoms with Gasteiger partial charge in [0.15, 0.2) is 0 Å². The number of carboxylic acids is 4. The van der Waals surface area contributed by atoms with Gasteiger partial charge in [0.2, 0.25) is 0 Å². The van der Waals surface area contributed by atoms with Crippen LogP contribution in [0.15, 0.2) is 13.2 Å². The molecule has 0 heterocycles. The van der Waals surface area contributed by atoms with Crippen LogP contribution in [0.25, 0.3) is 0 Å². The van der Waals surface area contributed by atoms with E-state index in [9.17, 15) is 0 Å². The predicted molar refractivity (Wildman–Crippen MR) is 79.0 cm³/mol. The molecule has 0 aromatic rings. The molecular formula is C10H30N2Na4O8. The molecule has 0 aliphatic carbocycles. The Bertz CT molecular complexity index is 212. The van der Waals surface area contributed by atoms with Crippen molar-refractivity contribution < 1.29 is 164 Å². The third-order valence-electron chi connectivity index (χ3n) is 0. The summed E-state index contributed by atoms with van der Waals surface area (Å²) in [6.45, 7) is 10.3. The van der Waals surface area contributed by atoms with Gasteiger partial charge < -0.3 is 38.4 Å². The van der Waals surface area contributed by atoms with E-state index in [1.165, 1.54) is 0 Å². The molecule has 0 fully saturated rings. The maximum Gasteiger partial charge on any atom is 1.00 e. The van der Waals surface area contributed by atoms with Crippen LogP contribution in [0.3, 0.4) is 0 Å². The molecule has 14 heteroatoms. The first-order valence-corrected chi connectivity index (χ1v) is 4.21. The average molecular weight is 398 g/mol. The number of carboxylic acid groups (broad SMARTS) is 4. The average Bonchev–Trinajstić information content (AvgIpc) is 2.01. The Kier molecular flexibility index (Phi) is 225. The second kappa shape index (κ2) is 74.2. The molecule has 0 bridgehead atoms. The largest absolute Gasteiger partial charge is 1.00 e. The van der Waals surface area contributed by atoms with Gasteiger partial charge in [-0.15, -0.1) is 13.2 Å². The van der Waals surface area contributed by atoms with Crippen LogP contribution in [-0.2, 0) is 19.2 Å². The van der Waals surface area contributed by atoms with Gasteiger partial charge in [0.25, 0.3) is 23.9 Å². The minimum Gasteiger partial charge on any atom is -1.00 e. The molecule has 24 heavy (non-hydrogen) atoms. The van der Waals surface area contributed by atoms with Gasteiger partial charge in [-0.05, 0) is 0 Å². The van der Waals surface area contributed by atoms with Gasteiger partial charge in [0, 0.05) is 27.7 Å². The Hall–Kier alpha value is 1.54. The Morgan fingerprint density at radius 3 is 0.542 bits per heavy atom. The molecule has 0 aromatic heterocycles. The van der Waals surface area contributed by atoms with Crippen LogP contribution in [0.5, 0.6) is 0 Å². The van der Waals surface area contributed by atoms with Crippen molar-refractivity contribution in [3.63, 3.8) is 0 Å². The zero-order valence-corrected chi connectivity index (χ0v) is 24.3. The normalized spacial score (nSPS) is 4.33. The topological polar surface area (TPSA) is 219 Å². The van der Waals surface area contributed by atoms with E-state index in [0.29, 0.717) is 0 Å². The molecule has 0 unspecified atom stereocenters. The van der Waals surface area contributed by atoms with E-state index >= 15 is 0 Å². The first kappa shape index (κ1) is 72.8. The summed E-state index contributed by atoms with van der Waals surface area (Å²) < 4.78 is 0. The van der Waals surface area contributed by atoms with Gasteiger partial charge in [-0.2, -0.15) is 0 Å². The van der Waals surface area contributed by atoms with Crippen LogP contribution in [0.1, 0.15) is 33.4 Å². The van der Waals surface area contributed by atoms with E-state index in [2.05, 4.69) is 13.2 Å². The zero-order valence-electron chi connectivity index (χ0n) is 20.3. The molecule has 0 aliphatic rings. The second-order valence-corrected chi connectivity index (χ2v) is 2.08. The summed E-state index contributed by atoms with van der Waals surface area (Å²) in [6, 6.07) is 0. The molecule has 0 saturated carbocycles. The van der Waals surface area contributed by atoms with E-state index < -0.39 is 23.9 Å². The van der Waals surface area contributed by atoms with Crippen LogP contribution in [0, 0.1) is 0 Å². The van der Waals surface area contributed by atoms with Gasteiger partial charge in [-0.3, -0.25) is 19.2 Å². The van der Waals surface area contributed by atoms with Gasteiger partial charge in [-0.1, -0.05) is 0 Å². The summed E-state index contributed by atoms with van der Waals surface area (Å²) in [5.74, 6) is -3.33. The number of aliphatic carboxylic acids is 4. The maximum atomic E-state index is 9.00. The molecule has 0 aliphatic heterocycles. The Balaban J connectivity index is -0.00000000538. The van der Waals surface area contributed by atoms with Crippen molar-refractivity contribution in [2.45, 2.75) is 27.7 Å². The molecule has 0 amide bonds. The minimum absolute atomic E-state index is 0. The summed E-state index contributed by atoms with van der Waals surface area (Å²) in [4.78, 5) is 36.0. The molecule has 132 valence electrons. The van der Waals surface area contributed by atoms with E-state index in [4.69, 9.17) is 39.6 Å². The van der Waals surface area contributed by atoms with Crippen molar-refractivity contribution in [1.82, 2.24) is 12.3 Å². The predicted octanol–water partition coefficient (Wildman–Crippen LogP) is -10.0. The molecule has 0 aromatic carbocycles. The van der Waals surface area contributed by atoms with E-state index in [1.54, 1.807) is 0 Å². The smallest absolute Gasteiger partial charge is 1.00 e. The third kappa shape index (κ3) is 5040. The Morgan fingerprint density at radius 2 is 0.542 bits per heavy atom. The van der Waals surface area contributed by atoms with Crippen LogP contribution in [-0.4, -0.2) is 44.3 Å². The summed E-state index contributed by atoms with van der Waals surface area (Å²) in [6.07, 6.45) is 0. The minimum atomic E-state index is -0.833. The number of rotatable bonds is 0. The summed E-state index contributed by atoms with van der Waals surface area (Å²) >= 11 is 0. The van der Waals surface area contributed by atoms with Gasteiger partial charge in [0.05, 0.1) is 0 Å². The van der Waals surface area contributed by atoms with Crippen molar-refractivity contribution in [2.75, 3.05) is 0 Å². The van der Waals surface area contributed by atoms with Crippen LogP contribution >= 0.6 is 0 Å². The van der Waals surface area contributed by atoms with Crippen LogP contribution < -0.4 is 131 Å². The van der Waals surface area contributed by atoms with Crippen molar-refractivity contribution in [3.05, 3.63) is 13.2 Å². The fourth-order valence-corrected chi connectivity index (χ4v) is 0. The standard InChI is InChI=1S/4C2H4O2.C2H4.2H3N.4Na.4H/c4*1-2(3)4;1-2;;;;;;;;;;/h4*1H3,(H,3,4);1-2H2;2*1H3;;;;;;;;/q;;;;;;;4*+1;4*-1. The maximum absolute atomic E-state index is 9.00. The van der Waals surface area contributed by atoms with Gasteiger partial charge in [0.1, 0.15) is 0 Å². The van der Waals surface area contributed by atoms with E-state index in [0.717, 1.165) is 27.7 Å². The molecule has 10 N–H and O–H groups in total. The molecule has 0 radical (unpaired) electrons. The van der Waals surface area contributed by atoms with E-state index in [1.807, 2.05) is 0 Å². The van der Waals surface area contributed by atoms with Crippen molar-refractivity contribution in [1.29, 1.82) is 0 Å². The second-order valence-electron chi connectivity index (χ2n) is 2.08. The van der Waals surface area contributed by atoms with E-state index in [-0.39, 0.29) is 136 Å². The SMILES string of the molecule is C=C.CC(=O)O.CC(=O)O.CC(=O)O.CC(=O)O.N.N.[H-].[H-].[H-].[H-].[Na+].[Na+].[Na+].[Na+]. The monoisotopic (exact) mass is 398 g/mol. The fraction of sp³-hybridized carbons (Fsp3) is 0.400. The Morgan fingerprint density at radius 1 is 0.542 bits per heavy atom. The Labute approximate surface area is 237 Å². The number of hydrogen-bond donors (Lipinski definition) is 6. The number of carbonyl (C=O) groups is 4. The zero-order chi connectivity index (χ0) is 16.3. The quantitative estimate of drug-likeness (QED) is 0.167. The fourth-order valence-electron chi connectivity index (χ4n) is 0. The summed E-state index contributed by atoms with van der Waals surface area (Å²) in [7, 11) is 0. The summed E-state index contributed by atoms with van der Waals surface area (Å²) in [5.41, 5.74) is 0. The van der Waals surface area contributed by atoms with Gasteiger partial charge >= 0.3 is 118 Å². The molecular weight excluding hydrogens is 368 g/mol. The van der Waals surface area contributed by atoms with Gasteiger partial charge in [-0.25, -0.2) is 0 Å². The molecule has 0 saturated heterocycles. The third-order valence-corrected chi connectivity index (χ3v) is 0. The molecule has 0 atom stereocenters. The molecule has 0 spiro atoms. The van der Waals surface area contributed by atoms with Crippen molar-refractivity contribution in [3.8, 4) is 0 Å². The number of hydrogen-bond acceptors (Lipinski definition) is 6. The van der Waals surface area contributed by atoms with Crippen LogP contribution in [0.2, 0.25) is 0 Å². The molecule has 0 rings (SSSR count). The molecule has 10 nitrogen and oxygen atoms in total. The van der Waals surface area contributed by atoms with Crippen LogP contribution in [0.4, 0.5) is 0 Å². The van der Waals surface area contributed by atoms with Crippen molar-refractivity contribution >= 4 is 23.9 Å². The summed E-state index contributed by atoms with van der Waals surface area (Å²) in [5, 5.41) is 29.7. The first-order chi connectivity index (χ1) is 7.93.